The average molecular weight is 380 g/mol. The lowest BCUT2D eigenvalue weighted by Gasteiger charge is -2.10. The van der Waals surface area contributed by atoms with Gasteiger partial charge in [-0.1, -0.05) is 35.9 Å². The van der Waals surface area contributed by atoms with Crippen molar-refractivity contribution in [3.8, 4) is 17.4 Å². The lowest BCUT2D eigenvalue weighted by Crippen LogP contribution is -2.14. The number of hydrogen-bond acceptors (Lipinski definition) is 5. The molecule has 3 aromatic rings. The first-order valence-corrected chi connectivity index (χ1v) is 8.96. The molecule has 0 fully saturated rings. The first kappa shape index (κ1) is 17.4. The number of halogens is 1. The summed E-state index contributed by atoms with van der Waals surface area (Å²) in [5.74, 6) is 2.38. The average Bonchev–Trinajstić information content (AvgIpc) is 3.11. The SMILES string of the molecule is COc1ccc(Oc2cccc(NCC3=Nc4ccccc4C3)n2)c(Cl)c1. The molecule has 0 saturated heterocycles. The molecule has 2 aromatic carbocycles. The van der Waals surface area contributed by atoms with Crippen LogP contribution < -0.4 is 14.8 Å². The predicted molar refractivity (Wildman–Crippen MR) is 108 cm³/mol. The summed E-state index contributed by atoms with van der Waals surface area (Å²) in [4.78, 5) is 9.13. The maximum atomic E-state index is 6.23. The molecule has 27 heavy (non-hydrogen) atoms. The van der Waals surface area contributed by atoms with Gasteiger partial charge in [0.25, 0.3) is 0 Å². The Kier molecular flexibility index (Phi) is 4.94. The van der Waals surface area contributed by atoms with Gasteiger partial charge >= 0.3 is 0 Å². The van der Waals surface area contributed by atoms with Gasteiger partial charge in [0.15, 0.2) is 0 Å². The van der Waals surface area contributed by atoms with E-state index in [1.807, 2.05) is 30.3 Å². The molecule has 2 heterocycles. The summed E-state index contributed by atoms with van der Waals surface area (Å²) in [6.07, 6.45) is 0.862. The number of hydrogen-bond donors (Lipinski definition) is 1. The van der Waals surface area contributed by atoms with E-state index in [-0.39, 0.29) is 0 Å². The third-order valence-corrected chi connectivity index (χ3v) is 4.51. The highest BCUT2D eigenvalue weighted by Gasteiger charge is 2.13. The van der Waals surface area contributed by atoms with Crippen molar-refractivity contribution >= 4 is 28.8 Å². The van der Waals surface area contributed by atoms with Gasteiger partial charge in [-0.2, -0.15) is 4.98 Å². The number of rotatable bonds is 6. The van der Waals surface area contributed by atoms with Gasteiger partial charge < -0.3 is 14.8 Å². The number of fused-ring (bicyclic) bond motifs is 1. The maximum Gasteiger partial charge on any atom is 0.221 e. The number of benzene rings is 2. The fourth-order valence-corrected chi connectivity index (χ4v) is 3.08. The molecule has 0 atom stereocenters. The molecule has 6 heteroatoms. The highest BCUT2D eigenvalue weighted by atomic mass is 35.5. The molecule has 0 spiro atoms. The van der Waals surface area contributed by atoms with Crippen molar-refractivity contribution in [2.45, 2.75) is 6.42 Å². The summed E-state index contributed by atoms with van der Waals surface area (Å²) in [7, 11) is 1.59. The summed E-state index contributed by atoms with van der Waals surface area (Å²) in [5, 5.41) is 3.77. The lowest BCUT2D eigenvalue weighted by molar-refractivity contribution is 0.412. The maximum absolute atomic E-state index is 6.23. The van der Waals surface area contributed by atoms with Crippen molar-refractivity contribution in [3.63, 3.8) is 0 Å². The number of aromatic nitrogens is 1. The number of methoxy groups -OCH3 is 1. The zero-order valence-electron chi connectivity index (χ0n) is 14.8. The largest absolute Gasteiger partial charge is 0.497 e. The Morgan fingerprint density at radius 1 is 1.07 bits per heavy atom. The Hall–Kier alpha value is -3.05. The monoisotopic (exact) mass is 379 g/mol. The van der Waals surface area contributed by atoms with Gasteiger partial charge in [-0.05, 0) is 29.8 Å². The van der Waals surface area contributed by atoms with Crippen molar-refractivity contribution in [2.75, 3.05) is 19.0 Å². The van der Waals surface area contributed by atoms with E-state index < -0.39 is 0 Å². The van der Waals surface area contributed by atoms with Gasteiger partial charge in [0.05, 0.1) is 24.4 Å². The number of nitrogens with one attached hydrogen (secondary N) is 1. The third-order valence-electron chi connectivity index (χ3n) is 4.22. The van der Waals surface area contributed by atoms with Crippen LogP contribution in [0.2, 0.25) is 5.02 Å². The molecule has 4 rings (SSSR count). The lowest BCUT2D eigenvalue weighted by atomic mass is 10.1. The van der Waals surface area contributed by atoms with Crippen LogP contribution in [0.15, 0.2) is 65.7 Å². The molecule has 0 saturated carbocycles. The standard InChI is InChI=1S/C21H18ClN3O2/c1-26-16-9-10-19(17(22)12-16)27-21-8-4-7-20(25-21)23-13-15-11-14-5-2-3-6-18(14)24-15/h2-10,12H,11,13H2,1H3,(H,23,25). The molecular formula is C21H18ClN3O2. The Labute approximate surface area is 162 Å². The van der Waals surface area contributed by atoms with Gasteiger partial charge in [0.2, 0.25) is 5.88 Å². The summed E-state index contributed by atoms with van der Waals surface area (Å²) in [6, 6.07) is 19.0. The Morgan fingerprint density at radius 3 is 2.78 bits per heavy atom. The van der Waals surface area contributed by atoms with Gasteiger partial charge in [0.1, 0.15) is 17.3 Å². The fourth-order valence-electron chi connectivity index (χ4n) is 2.87. The summed E-state index contributed by atoms with van der Waals surface area (Å²) in [5.41, 5.74) is 3.39. The molecule has 5 nitrogen and oxygen atoms in total. The van der Waals surface area contributed by atoms with Crippen molar-refractivity contribution in [1.82, 2.24) is 4.98 Å². The molecule has 136 valence electrons. The second-order valence-electron chi connectivity index (χ2n) is 6.10. The minimum Gasteiger partial charge on any atom is -0.497 e. The molecular weight excluding hydrogens is 362 g/mol. The molecule has 0 unspecified atom stereocenters. The van der Waals surface area contributed by atoms with E-state index in [1.54, 1.807) is 31.4 Å². The van der Waals surface area contributed by atoms with Crippen LogP contribution in [0.4, 0.5) is 11.5 Å². The number of pyridine rings is 1. The van der Waals surface area contributed by atoms with Crippen LogP contribution in [0.1, 0.15) is 5.56 Å². The number of ether oxygens (including phenoxy) is 2. The zero-order valence-corrected chi connectivity index (χ0v) is 15.5. The topological polar surface area (TPSA) is 55.7 Å². The van der Waals surface area contributed by atoms with Crippen molar-refractivity contribution in [1.29, 1.82) is 0 Å². The van der Waals surface area contributed by atoms with E-state index in [0.29, 0.717) is 28.9 Å². The van der Waals surface area contributed by atoms with Gasteiger partial charge in [-0.3, -0.25) is 4.99 Å². The van der Waals surface area contributed by atoms with Crippen LogP contribution in [-0.4, -0.2) is 24.4 Å². The molecule has 0 amide bonds. The Morgan fingerprint density at radius 2 is 1.96 bits per heavy atom. The Bertz CT molecular complexity index is 1000. The van der Waals surface area contributed by atoms with Crippen LogP contribution in [0.3, 0.4) is 0 Å². The van der Waals surface area contributed by atoms with E-state index in [4.69, 9.17) is 21.1 Å². The van der Waals surface area contributed by atoms with E-state index >= 15 is 0 Å². The number of anilines is 1. The number of nitrogens with zero attached hydrogens (tertiary/aromatic N) is 2. The smallest absolute Gasteiger partial charge is 0.221 e. The molecule has 0 bridgehead atoms. The van der Waals surface area contributed by atoms with Crippen molar-refractivity contribution in [3.05, 3.63) is 71.2 Å². The summed E-state index contributed by atoms with van der Waals surface area (Å²) >= 11 is 6.23. The summed E-state index contributed by atoms with van der Waals surface area (Å²) in [6.45, 7) is 0.633. The number of aliphatic imine (C=N–C) groups is 1. The van der Waals surface area contributed by atoms with Gasteiger partial charge in [-0.15, -0.1) is 0 Å². The van der Waals surface area contributed by atoms with Gasteiger partial charge in [0, 0.05) is 24.3 Å². The molecule has 1 aliphatic heterocycles. The van der Waals surface area contributed by atoms with Crippen LogP contribution in [0, 0.1) is 0 Å². The van der Waals surface area contributed by atoms with Crippen LogP contribution >= 0.6 is 11.6 Å². The third kappa shape index (κ3) is 4.04. The van der Waals surface area contributed by atoms with E-state index in [2.05, 4.69) is 21.4 Å². The second-order valence-corrected chi connectivity index (χ2v) is 6.50. The quantitative estimate of drug-likeness (QED) is 0.633. The molecule has 1 aromatic heterocycles. The molecule has 0 radical (unpaired) electrons. The van der Waals surface area contributed by atoms with E-state index in [1.165, 1.54) is 5.56 Å². The minimum absolute atomic E-state index is 0.462. The predicted octanol–water partition coefficient (Wildman–Crippen LogP) is 5.28. The van der Waals surface area contributed by atoms with E-state index in [0.717, 1.165) is 23.6 Å². The number of para-hydroxylation sites is 1. The summed E-state index contributed by atoms with van der Waals surface area (Å²) < 4.78 is 10.9. The van der Waals surface area contributed by atoms with Crippen molar-refractivity contribution < 1.29 is 9.47 Å². The zero-order chi connectivity index (χ0) is 18.6. The first-order chi connectivity index (χ1) is 13.2. The van der Waals surface area contributed by atoms with Crippen molar-refractivity contribution in [2.24, 2.45) is 4.99 Å². The Balaban J connectivity index is 1.41. The molecule has 1 aliphatic rings. The molecule has 1 N–H and O–H groups in total. The first-order valence-electron chi connectivity index (χ1n) is 8.58. The highest BCUT2D eigenvalue weighted by Crippen LogP contribution is 2.32. The second kappa shape index (κ2) is 7.68. The highest BCUT2D eigenvalue weighted by molar-refractivity contribution is 6.32. The van der Waals surface area contributed by atoms with Crippen LogP contribution in [-0.2, 0) is 6.42 Å². The molecule has 0 aliphatic carbocycles. The fraction of sp³-hybridized carbons (Fsp3) is 0.143. The van der Waals surface area contributed by atoms with Crippen LogP contribution in [0.5, 0.6) is 17.4 Å². The normalized spacial score (nSPS) is 12.3. The van der Waals surface area contributed by atoms with E-state index in [9.17, 15) is 0 Å². The van der Waals surface area contributed by atoms with Crippen LogP contribution in [0.25, 0.3) is 0 Å². The minimum atomic E-state index is 0.462. The van der Waals surface area contributed by atoms with Gasteiger partial charge in [-0.25, -0.2) is 0 Å².